The Bertz CT molecular complexity index is 706. The van der Waals surface area contributed by atoms with Gasteiger partial charge in [0.15, 0.2) is 0 Å². The van der Waals surface area contributed by atoms with Crippen LogP contribution in [0, 0.1) is 0 Å². The van der Waals surface area contributed by atoms with Crippen LogP contribution in [0.4, 0.5) is 0 Å². The van der Waals surface area contributed by atoms with E-state index in [1.54, 1.807) is 0 Å². The summed E-state index contributed by atoms with van der Waals surface area (Å²) in [6.07, 6.45) is 2.06. The molecule has 0 fully saturated rings. The topological polar surface area (TPSA) is 17.8 Å². The number of hydrogen-bond acceptors (Lipinski definition) is 1. The molecule has 2 aromatic carbocycles. The largest absolute Gasteiger partial charge is 0.275 e. The van der Waals surface area contributed by atoms with Gasteiger partial charge in [-0.25, -0.2) is 0 Å². The molecule has 0 amide bonds. The smallest absolute Gasteiger partial charge is 0.0923 e. The van der Waals surface area contributed by atoms with Crippen LogP contribution >= 0.6 is 0 Å². The summed E-state index contributed by atoms with van der Waals surface area (Å²) < 4.78 is 1.86. The summed E-state index contributed by atoms with van der Waals surface area (Å²) in [6, 6.07) is 15.3. The van der Waals surface area contributed by atoms with E-state index in [-0.39, 0.29) is 0 Å². The third-order valence-corrected chi connectivity index (χ3v) is 3.53. The van der Waals surface area contributed by atoms with Crippen molar-refractivity contribution in [2.24, 2.45) is 7.05 Å². The number of rotatable bonds is 2. The van der Waals surface area contributed by atoms with Gasteiger partial charge >= 0.3 is 0 Å². The first kappa shape index (κ1) is 12.0. The van der Waals surface area contributed by atoms with Crippen molar-refractivity contribution in [2.45, 2.75) is 19.8 Å². The van der Waals surface area contributed by atoms with Crippen molar-refractivity contribution < 1.29 is 0 Å². The van der Waals surface area contributed by atoms with Gasteiger partial charge in [0.2, 0.25) is 0 Å². The molecule has 0 bridgehead atoms. The fraction of sp³-hybridized carbons (Fsp3) is 0.235. The van der Waals surface area contributed by atoms with Gasteiger partial charge in [0.25, 0.3) is 0 Å². The molecule has 2 heteroatoms. The fourth-order valence-electron chi connectivity index (χ4n) is 2.39. The Morgan fingerprint density at radius 1 is 0.947 bits per heavy atom. The molecule has 3 rings (SSSR count). The van der Waals surface area contributed by atoms with Gasteiger partial charge in [-0.1, -0.05) is 44.2 Å². The van der Waals surface area contributed by atoms with E-state index in [1.165, 1.54) is 22.1 Å². The number of aryl methyl sites for hydroxylation is 1. The Hall–Kier alpha value is -2.09. The monoisotopic (exact) mass is 250 g/mol. The van der Waals surface area contributed by atoms with Gasteiger partial charge in [-0.15, -0.1) is 0 Å². The zero-order valence-corrected chi connectivity index (χ0v) is 11.6. The van der Waals surface area contributed by atoms with Crippen molar-refractivity contribution in [3.05, 3.63) is 54.2 Å². The molecule has 0 radical (unpaired) electrons. The van der Waals surface area contributed by atoms with E-state index < -0.39 is 0 Å². The molecule has 19 heavy (non-hydrogen) atoms. The first-order valence-electron chi connectivity index (χ1n) is 6.67. The van der Waals surface area contributed by atoms with Crippen molar-refractivity contribution >= 4 is 10.9 Å². The zero-order chi connectivity index (χ0) is 13.4. The summed E-state index contributed by atoms with van der Waals surface area (Å²) >= 11 is 0. The van der Waals surface area contributed by atoms with Gasteiger partial charge < -0.3 is 0 Å². The molecule has 2 nitrogen and oxygen atoms in total. The Kier molecular flexibility index (Phi) is 2.86. The minimum absolute atomic E-state index is 0.579. The van der Waals surface area contributed by atoms with Crippen molar-refractivity contribution in [3.63, 3.8) is 0 Å². The van der Waals surface area contributed by atoms with Crippen LogP contribution in [-0.2, 0) is 7.05 Å². The van der Waals surface area contributed by atoms with Gasteiger partial charge in [-0.2, -0.15) is 5.10 Å². The lowest BCUT2D eigenvalue weighted by molar-refractivity contribution is 0.780. The van der Waals surface area contributed by atoms with Crippen LogP contribution in [0.1, 0.15) is 25.3 Å². The first-order chi connectivity index (χ1) is 9.13. The molecule has 0 aliphatic heterocycles. The fourth-order valence-corrected chi connectivity index (χ4v) is 2.39. The molecular formula is C17H18N2. The van der Waals surface area contributed by atoms with Gasteiger partial charge in [-0.3, -0.25) is 4.68 Å². The van der Waals surface area contributed by atoms with Crippen LogP contribution < -0.4 is 0 Å². The maximum atomic E-state index is 4.40. The summed E-state index contributed by atoms with van der Waals surface area (Å²) in [6.45, 7) is 4.44. The average molecular weight is 250 g/mol. The van der Waals surface area contributed by atoms with E-state index >= 15 is 0 Å². The summed E-state index contributed by atoms with van der Waals surface area (Å²) in [5, 5.41) is 5.59. The highest BCUT2D eigenvalue weighted by Crippen LogP contribution is 2.25. The third kappa shape index (κ3) is 2.26. The van der Waals surface area contributed by atoms with Gasteiger partial charge in [0, 0.05) is 18.6 Å². The standard InChI is InChI=1S/C17H18N2/c1-12(2)13-4-6-14(7-5-13)15-8-9-17-16(10-15)11-19(3)18-17/h4-12H,1-3H3. The Balaban J connectivity index is 2.03. The first-order valence-corrected chi connectivity index (χ1v) is 6.67. The minimum atomic E-state index is 0.579. The van der Waals surface area contributed by atoms with E-state index in [0.29, 0.717) is 5.92 Å². The number of benzene rings is 2. The lowest BCUT2D eigenvalue weighted by atomic mass is 9.98. The molecule has 96 valence electrons. The van der Waals surface area contributed by atoms with E-state index in [1.807, 2.05) is 11.7 Å². The zero-order valence-electron chi connectivity index (χ0n) is 11.6. The molecular weight excluding hydrogens is 232 g/mol. The lowest BCUT2D eigenvalue weighted by Gasteiger charge is -2.07. The van der Waals surface area contributed by atoms with E-state index in [9.17, 15) is 0 Å². The minimum Gasteiger partial charge on any atom is -0.275 e. The SMILES string of the molecule is CC(C)c1ccc(-c2ccc3nn(C)cc3c2)cc1. The molecule has 0 unspecified atom stereocenters. The molecule has 0 saturated carbocycles. The summed E-state index contributed by atoms with van der Waals surface area (Å²) in [5.41, 5.74) is 4.93. The van der Waals surface area contributed by atoms with Gasteiger partial charge in [-0.05, 0) is 34.7 Å². The molecule has 0 spiro atoms. The van der Waals surface area contributed by atoms with Gasteiger partial charge in [0.1, 0.15) is 0 Å². The van der Waals surface area contributed by atoms with Crippen LogP contribution in [0.5, 0.6) is 0 Å². The second kappa shape index (κ2) is 4.54. The van der Waals surface area contributed by atoms with Crippen molar-refractivity contribution in [1.29, 1.82) is 0 Å². The summed E-state index contributed by atoms with van der Waals surface area (Å²) in [4.78, 5) is 0. The average Bonchev–Trinajstić information content (AvgIpc) is 2.77. The number of fused-ring (bicyclic) bond motifs is 1. The highest BCUT2D eigenvalue weighted by Gasteiger charge is 2.03. The second-order valence-electron chi connectivity index (χ2n) is 5.35. The predicted molar refractivity (Wildman–Crippen MR) is 80.2 cm³/mol. The van der Waals surface area contributed by atoms with E-state index in [0.717, 1.165) is 5.52 Å². The third-order valence-electron chi connectivity index (χ3n) is 3.53. The van der Waals surface area contributed by atoms with Crippen LogP contribution in [0.3, 0.4) is 0 Å². The maximum absolute atomic E-state index is 4.40. The number of hydrogen-bond donors (Lipinski definition) is 0. The number of nitrogens with zero attached hydrogens (tertiary/aromatic N) is 2. The van der Waals surface area contributed by atoms with Crippen LogP contribution in [0.2, 0.25) is 0 Å². The molecule has 0 aliphatic rings. The summed E-state index contributed by atoms with van der Waals surface area (Å²) in [7, 11) is 1.96. The highest BCUT2D eigenvalue weighted by molar-refractivity contribution is 5.84. The van der Waals surface area contributed by atoms with Crippen molar-refractivity contribution in [2.75, 3.05) is 0 Å². The van der Waals surface area contributed by atoms with Crippen LogP contribution in [0.15, 0.2) is 48.7 Å². The lowest BCUT2D eigenvalue weighted by Crippen LogP contribution is -1.86. The van der Waals surface area contributed by atoms with Crippen molar-refractivity contribution in [1.82, 2.24) is 9.78 Å². The molecule has 1 heterocycles. The molecule has 0 atom stereocenters. The highest BCUT2D eigenvalue weighted by atomic mass is 15.2. The maximum Gasteiger partial charge on any atom is 0.0923 e. The summed E-state index contributed by atoms with van der Waals surface area (Å²) in [5.74, 6) is 0.579. The molecule has 0 aliphatic carbocycles. The normalized spacial score (nSPS) is 11.4. The number of aromatic nitrogens is 2. The Labute approximate surface area is 113 Å². The Morgan fingerprint density at radius 3 is 2.32 bits per heavy atom. The van der Waals surface area contributed by atoms with Crippen LogP contribution in [-0.4, -0.2) is 9.78 Å². The Morgan fingerprint density at radius 2 is 1.63 bits per heavy atom. The molecule has 0 saturated heterocycles. The van der Waals surface area contributed by atoms with Crippen molar-refractivity contribution in [3.8, 4) is 11.1 Å². The molecule has 0 N–H and O–H groups in total. The van der Waals surface area contributed by atoms with Crippen LogP contribution in [0.25, 0.3) is 22.0 Å². The molecule has 3 aromatic rings. The quantitative estimate of drug-likeness (QED) is 0.660. The van der Waals surface area contributed by atoms with Gasteiger partial charge in [0.05, 0.1) is 5.52 Å². The second-order valence-corrected chi connectivity index (χ2v) is 5.35. The molecule has 1 aromatic heterocycles. The predicted octanol–water partition coefficient (Wildman–Crippen LogP) is 4.36. The van der Waals surface area contributed by atoms with E-state index in [4.69, 9.17) is 0 Å². The van der Waals surface area contributed by atoms with E-state index in [2.05, 4.69) is 67.6 Å².